The van der Waals surface area contributed by atoms with E-state index in [1.807, 2.05) is 4.90 Å². The zero-order chi connectivity index (χ0) is 14.3. The van der Waals surface area contributed by atoms with E-state index in [4.69, 9.17) is 0 Å². The maximum absolute atomic E-state index is 12.5. The minimum Gasteiger partial charge on any atom is -0.507 e. The highest BCUT2D eigenvalue weighted by molar-refractivity contribution is 9.10. The zero-order valence-corrected chi connectivity index (χ0v) is 12.5. The standard InChI is InChI=1S/C14H15BrN2O3/c15-9-1-3-12(18)11(7-9)14(20)16-5-6-17-10(8-16)2-4-13(17)19/h1,3,7,10,18H,2,4-6,8H2. The number of hydrogen-bond acceptors (Lipinski definition) is 3. The van der Waals surface area contributed by atoms with Gasteiger partial charge in [-0.2, -0.15) is 0 Å². The number of halogens is 1. The Labute approximate surface area is 125 Å². The normalized spacial score (nSPS) is 22.1. The van der Waals surface area contributed by atoms with Crippen molar-refractivity contribution in [3.8, 4) is 5.75 Å². The zero-order valence-electron chi connectivity index (χ0n) is 10.9. The number of nitrogens with zero attached hydrogens (tertiary/aromatic N) is 2. The van der Waals surface area contributed by atoms with Crippen LogP contribution in [0.4, 0.5) is 0 Å². The number of phenolic OH excluding ortho intramolecular Hbond substituents is 1. The summed E-state index contributed by atoms with van der Waals surface area (Å²) in [6.45, 7) is 1.66. The number of carbonyl (C=O) groups excluding carboxylic acids is 2. The van der Waals surface area contributed by atoms with Crippen molar-refractivity contribution < 1.29 is 14.7 Å². The predicted molar refractivity (Wildman–Crippen MR) is 76.4 cm³/mol. The molecule has 2 saturated heterocycles. The Morgan fingerprint density at radius 1 is 1.35 bits per heavy atom. The lowest BCUT2D eigenvalue weighted by Gasteiger charge is -2.37. The van der Waals surface area contributed by atoms with Crippen molar-refractivity contribution in [2.24, 2.45) is 0 Å². The SMILES string of the molecule is O=C(c1cc(Br)ccc1O)N1CCN2C(=O)CCC2C1. The number of rotatable bonds is 1. The average Bonchev–Trinajstić information content (AvgIpc) is 2.82. The maximum Gasteiger partial charge on any atom is 0.257 e. The fourth-order valence-electron chi connectivity index (χ4n) is 2.90. The fourth-order valence-corrected chi connectivity index (χ4v) is 3.26. The van der Waals surface area contributed by atoms with Crippen LogP contribution in [0.1, 0.15) is 23.2 Å². The first-order valence-corrected chi connectivity index (χ1v) is 7.43. The molecule has 0 aromatic heterocycles. The van der Waals surface area contributed by atoms with E-state index in [1.54, 1.807) is 17.0 Å². The second-order valence-electron chi connectivity index (χ2n) is 5.19. The minimum absolute atomic E-state index is 0.0110. The number of carbonyl (C=O) groups is 2. The van der Waals surface area contributed by atoms with Crippen LogP contribution in [-0.2, 0) is 4.79 Å². The van der Waals surface area contributed by atoms with Crippen LogP contribution in [0.5, 0.6) is 5.75 Å². The van der Waals surface area contributed by atoms with Gasteiger partial charge in [0.15, 0.2) is 0 Å². The molecule has 0 saturated carbocycles. The maximum atomic E-state index is 12.5. The first-order valence-electron chi connectivity index (χ1n) is 6.63. The highest BCUT2D eigenvalue weighted by atomic mass is 79.9. The molecule has 0 aliphatic carbocycles. The van der Waals surface area contributed by atoms with Gasteiger partial charge < -0.3 is 14.9 Å². The van der Waals surface area contributed by atoms with E-state index >= 15 is 0 Å². The van der Waals surface area contributed by atoms with Crippen LogP contribution in [-0.4, -0.2) is 52.4 Å². The molecule has 20 heavy (non-hydrogen) atoms. The largest absolute Gasteiger partial charge is 0.507 e. The van der Waals surface area contributed by atoms with Gasteiger partial charge in [-0.15, -0.1) is 0 Å². The second kappa shape index (κ2) is 5.09. The van der Waals surface area contributed by atoms with Crippen molar-refractivity contribution in [1.82, 2.24) is 9.80 Å². The molecule has 1 atom stereocenters. The highest BCUT2D eigenvalue weighted by Gasteiger charge is 2.37. The highest BCUT2D eigenvalue weighted by Crippen LogP contribution is 2.27. The van der Waals surface area contributed by atoms with Gasteiger partial charge >= 0.3 is 0 Å². The monoisotopic (exact) mass is 338 g/mol. The van der Waals surface area contributed by atoms with E-state index in [-0.39, 0.29) is 23.6 Å². The number of fused-ring (bicyclic) bond motifs is 1. The van der Waals surface area contributed by atoms with Gasteiger partial charge in [-0.25, -0.2) is 0 Å². The van der Waals surface area contributed by atoms with Crippen LogP contribution in [0.25, 0.3) is 0 Å². The first kappa shape index (κ1) is 13.4. The van der Waals surface area contributed by atoms with E-state index in [0.29, 0.717) is 31.6 Å². The molecule has 2 heterocycles. The van der Waals surface area contributed by atoms with Crippen molar-refractivity contribution in [2.75, 3.05) is 19.6 Å². The van der Waals surface area contributed by atoms with Crippen LogP contribution in [0.15, 0.2) is 22.7 Å². The Morgan fingerprint density at radius 2 is 2.15 bits per heavy atom. The summed E-state index contributed by atoms with van der Waals surface area (Å²) in [5.74, 6) is -0.00155. The third kappa shape index (κ3) is 2.28. The van der Waals surface area contributed by atoms with Gasteiger partial charge in [0.05, 0.1) is 5.56 Å². The van der Waals surface area contributed by atoms with Crippen LogP contribution < -0.4 is 0 Å². The molecule has 2 aliphatic rings. The lowest BCUT2D eigenvalue weighted by Crippen LogP contribution is -2.53. The van der Waals surface area contributed by atoms with Crippen LogP contribution in [0, 0.1) is 0 Å². The summed E-state index contributed by atoms with van der Waals surface area (Å²) in [4.78, 5) is 27.7. The van der Waals surface area contributed by atoms with Gasteiger partial charge in [0.1, 0.15) is 5.75 Å². The van der Waals surface area contributed by atoms with Gasteiger partial charge in [-0.05, 0) is 24.6 Å². The first-order chi connectivity index (χ1) is 9.56. The summed E-state index contributed by atoms with van der Waals surface area (Å²) in [5, 5.41) is 9.83. The molecule has 6 heteroatoms. The molecule has 1 aromatic rings. The van der Waals surface area contributed by atoms with Gasteiger partial charge in [-0.1, -0.05) is 15.9 Å². The van der Waals surface area contributed by atoms with Crippen molar-refractivity contribution in [3.63, 3.8) is 0 Å². The summed E-state index contributed by atoms with van der Waals surface area (Å²) in [5.41, 5.74) is 0.303. The average molecular weight is 339 g/mol. The smallest absolute Gasteiger partial charge is 0.257 e. The second-order valence-corrected chi connectivity index (χ2v) is 6.11. The molecule has 2 aliphatic heterocycles. The quantitative estimate of drug-likeness (QED) is 0.846. The summed E-state index contributed by atoms with van der Waals surface area (Å²) >= 11 is 3.31. The molecule has 0 radical (unpaired) electrons. The summed E-state index contributed by atoms with van der Waals surface area (Å²) in [6.07, 6.45) is 1.39. The topological polar surface area (TPSA) is 60.9 Å². The lowest BCUT2D eigenvalue weighted by molar-refractivity contribution is -0.130. The number of hydrogen-bond donors (Lipinski definition) is 1. The molecule has 1 aromatic carbocycles. The number of piperazine rings is 1. The molecule has 2 amide bonds. The molecular formula is C14H15BrN2O3. The number of amides is 2. The molecule has 5 nitrogen and oxygen atoms in total. The molecule has 1 unspecified atom stereocenters. The summed E-state index contributed by atoms with van der Waals surface area (Å²) in [7, 11) is 0. The van der Waals surface area contributed by atoms with E-state index in [1.165, 1.54) is 6.07 Å². The Morgan fingerprint density at radius 3 is 2.95 bits per heavy atom. The van der Waals surface area contributed by atoms with Crippen LogP contribution >= 0.6 is 15.9 Å². The summed E-state index contributed by atoms with van der Waals surface area (Å²) < 4.78 is 0.758. The number of aromatic hydroxyl groups is 1. The Bertz CT molecular complexity index is 576. The number of phenols is 1. The van der Waals surface area contributed by atoms with Gasteiger partial charge in [-0.3, -0.25) is 9.59 Å². The Balaban J connectivity index is 1.78. The molecular weight excluding hydrogens is 324 g/mol. The van der Waals surface area contributed by atoms with Gasteiger partial charge in [0, 0.05) is 36.6 Å². The molecule has 1 N–H and O–H groups in total. The van der Waals surface area contributed by atoms with E-state index in [0.717, 1.165) is 10.9 Å². The molecule has 2 fully saturated rings. The van der Waals surface area contributed by atoms with E-state index < -0.39 is 0 Å². The van der Waals surface area contributed by atoms with Crippen molar-refractivity contribution in [1.29, 1.82) is 0 Å². The Hall–Kier alpha value is -1.56. The van der Waals surface area contributed by atoms with Gasteiger partial charge in [0.25, 0.3) is 5.91 Å². The van der Waals surface area contributed by atoms with Crippen LogP contribution in [0.3, 0.4) is 0 Å². The predicted octanol–water partition coefficient (Wildman–Crippen LogP) is 1.60. The number of benzene rings is 1. The van der Waals surface area contributed by atoms with Crippen molar-refractivity contribution >= 4 is 27.7 Å². The Kier molecular flexibility index (Phi) is 3.41. The fraction of sp³-hybridized carbons (Fsp3) is 0.429. The molecule has 3 rings (SSSR count). The van der Waals surface area contributed by atoms with Gasteiger partial charge in [0.2, 0.25) is 5.91 Å². The van der Waals surface area contributed by atoms with Crippen molar-refractivity contribution in [3.05, 3.63) is 28.2 Å². The molecule has 0 spiro atoms. The minimum atomic E-state index is -0.178. The third-order valence-electron chi connectivity index (χ3n) is 3.97. The van der Waals surface area contributed by atoms with Crippen molar-refractivity contribution in [2.45, 2.75) is 18.9 Å². The van der Waals surface area contributed by atoms with E-state index in [2.05, 4.69) is 15.9 Å². The molecule has 106 valence electrons. The summed E-state index contributed by atoms with van der Waals surface area (Å²) in [6, 6.07) is 4.96. The lowest BCUT2D eigenvalue weighted by atomic mass is 10.1. The third-order valence-corrected chi connectivity index (χ3v) is 4.46. The van der Waals surface area contributed by atoms with Crippen LogP contribution in [0.2, 0.25) is 0 Å². The molecule has 0 bridgehead atoms. The van der Waals surface area contributed by atoms with E-state index in [9.17, 15) is 14.7 Å².